The first-order valence-corrected chi connectivity index (χ1v) is 8.27. The smallest absolute Gasteiger partial charge is 0.260 e. The number of ether oxygens (including phenoxy) is 1. The number of nitrogens with one attached hydrogen (secondary N) is 1. The summed E-state index contributed by atoms with van der Waals surface area (Å²) in [5.74, 6) is 0.728. The van der Waals surface area contributed by atoms with E-state index >= 15 is 0 Å². The largest absolute Gasteiger partial charge is 0.481 e. The van der Waals surface area contributed by atoms with Gasteiger partial charge in [-0.2, -0.15) is 0 Å². The SMILES string of the molecule is CCc1ccccc1O[C@@H](C)C(=O)NCCCc1ccccc1. The third kappa shape index (κ3) is 5.44. The summed E-state index contributed by atoms with van der Waals surface area (Å²) in [6.45, 7) is 4.53. The van der Waals surface area contributed by atoms with Gasteiger partial charge in [0, 0.05) is 6.54 Å². The van der Waals surface area contributed by atoms with E-state index in [0.717, 1.165) is 30.6 Å². The van der Waals surface area contributed by atoms with Crippen LogP contribution in [0.3, 0.4) is 0 Å². The fourth-order valence-corrected chi connectivity index (χ4v) is 2.45. The van der Waals surface area contributed by atoms with E-state index < -0.39 is 6.10 Å². The molecule has 122 valence electrons. The maximum atomic E-state index is 12.1. The quantitative estimate of drug-likeness (QED) is 0.754. The highest BCUT2D eigenvalue weighted by molar-refractivity contribution is 5.80. The van der Waals surface area contributed by atoms with E-state index in [0.29, 0.717) is 6.54 Å². The zero-order valence-electron chi connectivity index (χ0n) is 13.9. The standard InChI is InChI=1S/C20H25NO2/c1-3-18-13-7-8-14-19(18)23-16(2)20(22)21-15-9-12-17-10-5-4-6-11-17/h4-8,10-11,13-14,16H,3,9,12,15H2,1-2H3,(H,21,22)/t16-/m0/s1. The Labute approximate surface area is 138 Å². The first kappa shape index (κ1) is 17.1. The van der Waals surface area contributed by atoms with Gasteiger partial charge < -0.3 is 10.1 Å². The molecule has 0 unspecified atom stereocenters. The van der Waals surface area contributed by atoms with Crippen molar-refractivity contribution in [2.24, 2.45) is 0 Å². The second kappa shape index (κ2) is 8.99. The van der Waals surface area contributed by atoms with Crippen molar-refractivity contribution in [3.05, 3.63) is 65.7 Å². The van der Waals surface area contributed by atoms with E-state index in [1.165, 1.54) is 5.56 Å². The summed E-state index contributed by atoms with van der Waals surface area (Å²) in [5.41, 5.74) is 2.42. The Morgan fingerprint density at radius 2 is 1.78 bits per heavy atom. The Balaban J connectivity index is 1.74. The van der Waals surface area contributed by atoms with E-state index in [9.17, 15) is 4.79 Å². The average molecular weight is 311 g/mol. The van der Waals surface area contributed by atoms with Gasteiger partial charge in [-0.15, -0.1) is 0 Å². The van der Waals surface area contributed by atoms with Gasteiger partial charge in [-0.25, -0.2) is 0 Å². The van der Waals surface area contributed by atoms with Gasteiger partial charge in [-0.05, 0) is 43.4 Å². The molecule has 0 aliphatic rings. The lowest BCUT2D eigenvalue weighted by Gasteiger charge is -2.16. The maximum Gasteiger partial charge on any atom is 0.260 e. The predicted molar refractivity (Wildman–Crippen MR) is 93.7 cm³/mol. The number of hydrogen-bond donors (Lipinski definition) is 1. The van der Waals surface area contributed by atoms with Crippen LogP contribution in [0.5, 0.6) is 5.75 Å². The minimum atomic E-state index is -0.487. The molecule has 2 rings (SSSR count). The van der Waals surface area contributed by atoms with E-state index in [-0.39, 0.29) is 5.91 Å². The molecule has 0 spiro atoms. The third-order valence-corrected chi connectivity index (χ3v) is 3.81. The van der Waals surface area contributed by atoms with Crippen LogP contribution in [0, 0.1) is 0 Å². The van der Waals surface area contributed by atoms with Crippen LogP contribution in [0.25, 0.3) is 0 Å². The van der Waals surface area contributed by atoms with Crippen molar-refractivity contribution < 1.29 is 9.53 Å². The molecule has 2 aromatic rings. The molecule has 0 aromatic heterocycles. The van der Waals surface area contributed by atoms with Gasteiger partial charge in [-0.3, -0.25) is 4.79 Å². The molecule has 0 aliphatic carbocycles. The number of hydrogen-bond acceptors (Lipinski definition) is 2. The Morgan fingerprint density at radius 1 is 1.09 bits per heavy atom. The Morgan fingerprint density at radius 3 is 2.52 bits per heavy atom. The molecule has 0 fully saturated rings. The van der Waals surface area contributed by atoms with Gasteiger partial charge in [0.25, 0.3) is 5.91 Å². The monoisotopic (exact) mass is 311 g/mol. The molecular weight excluding hydrogens is 286 g/mol. The molecule has 1 atom stereocenters. The van der Waals surface area contributed by atoms with Gasteiger partial charge >= 0.3 is 0 Å². The van der Waals surface area contributed by atoms with Gasteiger partial charge in [0.05, 0.1) is 0 Å². The van der Waals surface area contributed by atoms with Crippen molar-refractivity contribution in [3.8, 4) is 5.75 Å². The third-order valence-electron chi connectivity index (χ3n) is 3.81. The summed E-state index contributed by atoms with van der Waals surface area (Å²) in [6.07, 6.45) is 2.30. The molecule has 0 bridgehead atoms. The summed E-state index contributed by atoms with van der Waals surface area (Å²) in [7, 11) is 0. The van der Waals surface area contributed by atoms with Crippen molar-refractivity contribution in [2.75, 3.05) is 6.54 Å². The second-order valence-corrected chi connectivity index (χ2v) is 5.60. The second-order valence-electron chi connectivity index (χ2n) is 5.60. The number of carbonyl (C=O) groups is 1. The fraction of sp³-hybridized carbons (Fsp3) is 0.350. The zero-order chi connectivity index (χ0) is 16.5. The summed E-state index contributed by atoms with van der Waals surface area (Å²) in [4.78, 5) is 12.1. The molecule has 3 heteroatoms. The van der Waals surface area contributed by atoms with Gasteiger partial charge in [0.1, 0.15) is 5.75 Å². The van der Waals surface area contributed by atoms with Crippen LogP contribution in [0.4, 0.5) is 0 Å². The highest BCUT2D eigenvalue weighted by Crippen LogP contribution is 2.19. The number of para-hydroxylation sites is 1. The molecular formula is C20H25NO2. The first-order chi connectivity index (χ1) is 11.2. The van der Waals surface area contributed by atoms with Crippen molar-refractivity contribution in [3.63, 3.8) is 0 Å². The average Bonchev–Trinajstić information content (AvgIpc) is 2.60. The summed E-state index contributed by atoms with van der Waals surface area (Å²) in [5, 5.41) is 2.95. The Hall–Kier alpha value is -2.29. The van der Waals surface area contributed by atoms with Gasteiger partial charge in [0.15, 0.2) is 6.10 Å². The first-order valence-electron chi connectivity index (χ1n) is 8.27. The molecule has 1 N–H and O–H groups in total. The van der Waals surface area contributed by atoms with Crippen LogP contribution < -0.4 is 10.1 Å². The van der Waals surface area contributed by atoms with Gasteiger partial charge in [0.2, 0.25) is 0 Å². The molecule has 2 aromatic carbocycles. The lowest BCUT2D eigenvalue weighted by molar-refractivity contribution is -0.127. The molecule has 1 amide bonds. The summed E-state index contributed by atoms with van der Waals surface area (Å²) < 4.78 is 5.80. The van der Waals surface area contributed by atoms with E-state index in [1.54, 1.807) is 6.92 Å². The fourth-order valence-electron chi connectivity index (χ4n) is 2.45. The van der Waals surface area contributed by atoms with Crippen LogP contribution in [0.2, 0.25) is 0 Å². The van der Waals surface area contributed by atoms with E-state index in [1.807, 2.05) is 42.5 Å². The number of aryl methyl sites for hydroxylation is 2. The van der Waals surface area contributed by atoms with E-state index in [4.69, 9.17) is 4.74 Å². The lowest BCUT2D eigenvalue weighted by Crippen LogP contribution is -2.37. The summed E-state index contributed by atoms with van der Waals surface area (Å²) in [6, 6.07) is 18.2. The highest BCUT2D eigenvalue weighted by atomic mass is 16.5. The molecule has 0 heterocycles. The molecule has 3 nitrogen and oxygen atoms in total. The molecule has 0 saturated heterocycles. The van der Waals surface area contributed by atoms with Crippen LogP contribution >= 0.6 is 0 Å². The molecule has 0 saturated carbocycles. The van der Waals surface area contributed by atoms with Crippen molar-refractivity contribution in [1.29, 1.82) is 0 Å². The Bertz CT molecular complexity index is 610. The lowest BCUT2D eigenvalue weighted by atomic mass is 10.1. The van der Waals surface area contributed by atoms with Crippen LogP contribution in [0.1, 0.15) is 31.4 Å². The number of rotatable bonds is 8. The molecule has 0 aliphatic heterocycles. The maximum absolute atomic E-state index is 12.1. The van der Waals surface area contributed by atoms with E-state index in [2.05, 4.69) is 24.4 Å². The van der Waals surface area contributed by atoms with Crippen LogP contribution in [-0.4, -0.2) is 18.6 Å². The minimum Gasteiger partial charge on any atom is -0.481 e. The van der Waals surface area contributed by atoms with Crippen LogP contribution in [0.15, 0.2) is 54.6 Å². The topological polar surface area (TPSA) is 38.3 Å². The molecule has 23 heavy (non-hydrogen) atoms. The normalized spacial score (nSPS) is 11.7. The minimum absolute atomic E-state index is 0.0658. The Kier molecular flexibility index (Phi) is 6.67. The van der Waals surface area contributed by atoms with Crippen LogP contribution in [-0.2, 0) is 17.6 Å². The number of amides is 1. The van der Waals surface area contributed by atoms with Crippen molar-refractivity contribution in [2.45, 2.75) is 39.2 Å². The predicted octanol–water partition coefficient (Wildman–Crippen LogP) is 3.77. The molecule has 0 radical (unpaired) electrons. The number of benzene rings is 2. The van der Waals surface area contributed by atoms with Crippen molar-refractivity contribution >= 4 is 5.91 Å². The highest BCUT2D eigenvalue weighted by Gasteiger charge is 2.15. The number of carbonyl (C=O) groups excluding carboxylic acids is 1. The zero-order valence-corrected chi connectivity index (χ0v) is 13.9. The van der Waals surface area contributed by atoms with Gasteiger partial charge in [-0.1, -0.05) is 55.5 Å². The van der Waals surface area contributed by atoms with Crippen molar-refractivity contribution in [1.82, 2.24) is 5.32 Å². The summed E-state index contributed by atoms with van der Waals surface area (Å²) >= 11 is 0.